The highest BCUT2D eigenvalue weighted by molar-refractivity contribution is 7.90. The van der Waals surface area contributed by atoms with Crippen LogP contribution in [0.5, 0.6) is 5.75 Å². The maximum atomic E-state index is 14.4. The fourth-order valence-corrected chi connectivity index (χ4v) is 7.23. The Morgan fingerprint density at radius 1 is 0.962 bits per heavy atom. The molecule has 0 spiro atoms. The lowest BCUT2D eigenvalue weighted by Crippen LogP contribution is -2.58. The van der Waals surface area contributed by atoms with Gasteiger partial charge in [-0.2, -0.15) is 0 Å². The molecular weight excluding hydrogens is 726 g/mol. The van der Waals surface area contributed by atoms with E-state index in [1.165, 1.54) is 55.6 Å². The summed E-state index contributed by atoms with van der Waals surface area (Å²) in [6.45, 7) is 7.29. The van der Waals surface area contributed by atoms with E-state index in [-0.39, 0.29) is 34.3 Å². The summed E-state index contributed by atoms with van der Waals surface area (Å²) in [6, 6.07) is 11.8. The maximum Gasteiger partial charge on any atom is 0.267 e. The van der Waals surface area contributed by atoms with Gasteiger partial charge in [0.05, 0.1) is 30.1 Å². The van der Waals surface area contributed by atoms with Crippen molar-refractivity contribution in [3.8, 4) is 5.75 Å². The number of sulfonamides is 1. The highest BCUT2D eigenvalue weighted by atomic mass is 35.5. The number of imide groups is 3. The van der Waals surface area contributed by atoms with Crippen molar-refractivity contribution in [3.05, 3.63) is 88.8 Å². The van der Waals surface area contributed by atoms with E-state index in [0.29, 0.717) is 39.7 Å². The summed E-state index contributed by atoms with van der Waals surface area (Å²) in [7, 11) is -2.74. The molecule has 1 aromatic heterocycles. The van der Waals surface area contributed by atoms with Crippen LogP contribution >= 0.6 is 11.6 Å². The molecule has 5 rings (SSSR count). The number of halogens is 1. The molecule has 53 heavy (non-hydrogen) atoms. The molecule has 2 heterocycles. The second kappa shape index (κ2) is 16.0. The third-order valence-corrected chi connectivity index (χ3v) is 10.6. The zero-order valence-corrected chi connectivity index (χ0v) is 31.3. The predicted molar refractivity (Wildman–Crippen MR) is 195 cm³/mol. The second-order valence-corrected chi connectivity index (χ2v) is 15.5. The molecule has 0 unspecified atom stereocenters. The van der Waals surface area contributed by atoms with E-state index in [1.807, 2.05) is 18.6 Å². The van der Waals surface area contributed by atoms with E-state index in [0.717, 1.165) is 0 Å². The molecule has 0 aliphatic carbocycles. The van der Waals surface area contributed by atoms with Gasteiger partial charge in [-0.05, 0) is 91.9 Å². The van der Waals surface area contributed by atoms with Crippen LogP contribution in [0.4, 0.5) is 0 Å². The summed E-state index contributed by atoms with van der Waals surface area (Å²) in [6.07, 6.45) is 0.738. The Labute approximate surface area is 311 Å². The minimum Gasteiger partial charge on any atom is -0.497 e. The Bertz CT molecular complexity index is 2150. The first-order chi connectivity index (χ1) is 25.0. The van der Waals surface area contributed by atoms with Gasteiger partial charge in [0.2, 0.25) is 5.78 Å². The smallest absolute Gasteiger partial charge is 0.267 e. The molecule has 0 saturated carbocycles. The van der Waals surface area contributed by atoms with Gasteiger partial charge in [-0.3, -0.25) is 28.9 Å². The monoisotopic (exact) mass is 765 g/mol. The van der Waals surface area contributed by atoms with Crippen LogP contribution in [0.2, 0.25) is 5.02 Å². The number of nitrogens with one attached hydrogen (secondary N) is 1. The largest absolute Gasteiger partial charge is 0.497 e. The zero-order chi connectivity index (χ0) is 38.8. The minimum atomic E-state index is -4.25. The maximum absolute atomic E-state index is 14.4. The van der Waals surface area contributed by atoms with E-state index < -0.39 is 63.5 Å². The number of aromatic nitrogens is 1. The standard InChI is InChI=1S/C37H40ClN5O9S/c1-20(2)30(39)37(48)43(35(46)23-10-8-22(9-11-23)33(45)41-53(49,50)26-15-12-24(38)13-16-26)36(47)28-7-6-18-42(28)31(21(3)4)32(44)34-40-27-19-25(51-5)14-17-29(27)52-34/h8-17,19-21,28,30-31H,6-7,18,39H2,1-5H3,(H,41,45)/t28-,30-,31-/m0/s1. The number of fused-ring (bicyclic) bond motifs is 1. The van der Waals surface area contributed by atoms with Crippen LogP contribution in [0.15, 0.2) is 76.0 Å². The third kappa shape index (κ3) is 8.33. The third-order valence-electron chi connectivity index (χ3n) is 9.03. The van der Waals surface area contributed by atoms with Crippen molar-refractivity contribution in [1.82, 2.24) is 19.5 Å². The molecule has 14 nitrogen and oxygen atoms in total. The number of hydrogen-bond acceptors (Lipinski definition) is 12. The van der Waals surface area contributed by atoms with Crippen molar-refractivity contribution >= 4 is 62.1 Å². The number of methoxy groups -OCH3 is 1. The minimum absolute atomic E-state index is 0.111. The Balaban J connectivity index is 1.41. The number of nitrogens with two attached hydrogens (primary N) is 1. The summed E-state index contributed by atoms with van der Waals surface area (Å²) >= 11 is 5.84. The van der Waals surface area contributed by atoms with Gasteiger partial charge >= 0.3 is 0 Å². The van der Waals surface area contributed by atoms with Gasteiger partial charge in [-0.15, -0.1) is 0 Å². The Kier molecular flexibility index (Phi) is 11.8. The van der Waals surface area contributed by atoms with E-state index in [2.05, 4.69) is 4.98 Å². The van der Waals surface area contributed by atoms with Gasteiger partial charge < -0.3 is 14.9 Å². The molecule has 280 valence electrons. The Morgan fingerprint density at radius 3 is 2.21 bits per heavy atom. The first-order valence-electron chi connectivity index (χ1n) is 16.9. The number of carbonyl (C=O) groups excluding carboxylic acids is 5. The number of ketones is 1. The molecule has 1 saturated heterocycles. The molecule has 0 radical (unpaired) electrons. The van der Waals surface area contributed by atoms with Gasteiger partial charge in [-0.25, -0.2) is 23.0 Å². The summed E-state index contributed by atoms with van der Waals surface area (Å²) in [5, 5.41) is 0.311. The van der Waals surface area contributed by atoms with Gasteiger partial charge in [0.1, 0.15) is 11.3 Å². The number of carbonyl (C=O) groups is 5. The van der Waals surface area contributed by atoms with Crippen molar-refractivity contribution in [2.75, 3.05) is 13.7 Å². The van der Waals surface area contributed by atoms with Crippen LogP contribution in [-0.4, -0.2) is 84.4 Å². The lowest BCUT2D eigenvalue weighted by atomic mass is 9.96. The normalized spacial score (nSPS) is 16.1. The number of hydrogen-bond donors (Lipinski definition) is 2. The van der Waals surface area contributed by atoms with Crippen LogP contribution in [0.1, 0.15) is 71.9 Å². The van der Waals surface area contributed by atoms with Crippen LogP contribution in [-0.2, 0) is 19.6 Å². The Hall–Kier alpha value is -4.96. The van der Waals surface area contributed by atoms with Crippen molar-refractivity contribution in [3.63, 3.8) is 0 Å². The summed E-state index contributed by atoms with van der Waals surface area (Å²) in [5.41, 5.74) is 6.75. The number of Topliss-reactive ketones (excluding diaryl/α,β-unsaturated/α-hetero) is 1. The molecule has 4 amide bonds. The van der Waals surface area contributed by atoms with Crippen molar-refractivity contribution in [2.45, 2.75) is 63.6 Å². The first kappa shape index (κ1) is 39.3. The predicted octanol–water partition coefficient (Wildman–Crippen LogP) is 4.46. The van der Waals surface area contributed by atoms with Gasteiger partial charge in [-0.1, -0.05) is 39.3 Å². The number of oxazole rings is 1. The highest BCUT2D eigenvalue weighted by Gasteiger charge is 2.46. The number of amides is 4. The van der Waals surface area contributed by atoms with E-state index in [4.69, 9.17) is 26.5 Å². The summed E-state index contributed by atoms with van der Waals surface area (Å²) < 4.78 is 38.5. The molecule has 3 aromatic carbocycles. The molecular formula is C37H40ClN5O9S. The van der Waals surface area contributed by atoms with Gasteiger partial charge in [0, 0.05) is 22.2 Å². The van der Waals surface area contributed by atoms with Crippen LogP contribution < -0.4 is 15.2 Å². The highest BCUT2D eigenvalue weighted by Crippen LogP contribution is 2.30. The van der Waals surface area contributed by atoms with Crippen molar-refractivity contribution in [2.24, 2.45) is 17.6 Å². The number of likely N-dealkylation sites (tertiary alicyclic amines) is 1. The molecule has 0 bridgehead atoms. The SMILES string of the molecule is COc1ccc2oc(C(=O)[C@H](C(C)C)N3CCC[C@H]3C(=O)N(C(=O)c3ccc(C(=O)NS(=O)(=O)c4ccc(Cl)cc4)cc3)C(=O)[C@@H](N)C(C)C)nc2c1. The number of rotatable bonds is 12. The zero-order valence-electron chi connectivity index (χ0n) is 29.7. The number of benzene rings is 3. The molecule has 3 N–H and O–H groups in total. The van der Waals surface area contributed by atoms with E-state index in [1.54, 1.807) is 36.9 Å². The average molecular weight is 766 g/mol. The molecule has 16 heteroatoms. The summed E-state index contributed by atoms with van der Waals surface area (Å²) in [5.74, 6) is -4.63. The van der Waals surface area contributed by atoms with Gasteiger partial charge in [0.15, 0.2) is 5.58 Å². The quantitative estimate of drug-likeness (QED) is 0.152. The van der Waals surface area contributed by atoms with Crippen LogP contribution in [0, 0.1) is 11.8 Å². The first-order valence-corrected chi connectivity index (χ1v) is 18.7. The molecule has 4 aromatic rings. The molecule has 1 aliphatic rings. The van der Waals surface area contributed by atoms with Gasteiger partial charge in [0.25, 0.3) is 39.5 Å². The van der Waals surface area contributed by atoms with E-state index >= 15 is 0 Å². The lowest BCUT2D eigenvalue weighted by molar-refractivity contribution is -0.145. The fourth-order valence-electron chi connectivity index (χ4n) is 6.13. The molecule has 1 fully saturated rings. The number of ether oxygens (including phenoxy) is 1. The van der Waals surface area contributed by atoms with Crippen molar-refractivity contribution in [1.29, 1.82) is 0 Å². The van der Waals surface area contributed by atoms with E-state index in [9.17, 15) is 32.4 Å². The van der Waals surface area contributed by atoms with Crippen LogP contribution in [0.3, 0.4) is 0 Å². The van der Waals surface area contributed by atoms with Crippen molar-refractivity contribution < 1.29 is 41.5 Å². The Morgan fingerprint density at radius 2 is 1.60 bits per heavy atom. The molecule has 3 atom stereocenters. The topological polar surface area (TPSA) is 199 Å². The fraction of sp³-hybridized carbons (Fsp3) is 0.351. The molecule has 1 aliphatic heterocycles. The lowest BCUT2D eigenvalue weighted by Gasteiger charge is -2.35. The van der Waals surface area contributed by atoms with Crippen LogP contribution in [0.25, 0.3) is 11.1 Å². The number of nitrogens with zero attached hydrogens (tertiary/aromatic N) is 3. The average Bonchev–Trinajstić information content (AvgIpc) is 3.78. The summed E-state index contributed by atoms with van der Waals surface area (Å²) in [4.78, 5) is 75.5. The second-order valence-electron chi connectivity index (χ2n) is 13.4.